The highest BCUT2D eigenvalue weighted by atomic mass is 19.4. The maximum atomic E-state index is 12.1. The highest BCUT2D eigenvalue weighted by molar-refractivity contribution is 4.69. The van der Waals surface area contributed by atoms with Crippen LogP contribution < -0.4 is 0 Å². The molecule has 0 heterocycles. The zero-order valence-corrected chi connectivity index (χ0v) is 6.99. The summed E-state index contributed by atoms with van der Waals surface area (Å²) in [6, 6.07) is 0. The molecule has 0 radical (unpaired) electrons. The van der Waals surface area contributed by atoms with Crippen LogP contribution in [0.2, 0.25) is 0 Å². The minimum Gasteiger partial charge on any atom is -0.339 e. The van der Waals surface area contributed by atoms with Crippen molar-refractivity contribution in [1.82, 2.24) is 0 Å². The van der Waals surface area contributed by atoms with Crippen LogP contribution in [-0.4, -0.2) is 36.9 Å². The third-order valence-electron chi connectivity index (χ3n) is 1.17. The van der Waals surface area contributed by atoms with Crippen LogP contribution in [-0.2, 0) is 9.47 Å². The molecule has 15 heavy (non-hydrogen) atoms. The van der Waals surface area contributed by atoms with Gasteiger partial charge in [-0.25, -0.2) is 8.78 Å². The van der Waals surface area contributed by atoms with Crippen molar-refractivity contribution < 1.29 is 45.3 Å². The highest BCUT2D eigenvalue weighted by Crippen LogP contribution is 2.40. The molecule has 0 amide bonds. The summed E-state index contributed by atoms with van der Waals surface area (Å²) in [6.45, 7) is 0. The van der Waals surface area contributed by atoms with Gasteiger partial charge in [0, 0.05) is 7.11 Å². The Labute approximate surface area is 78.4 Å². The van der Waals surface area contributed by atoms with Crippen LogP contribution in [0.5, 0.6) is 0 Å². The minimum absolute atomic E-state index is 0.276. The first kappa shape index (κ1) is 14.4. The number of hydrogen-bond acceptors (Lipinski definition) is 3. The van der Waals surface area contributed by atoms with Gasteiger partial charge < -0.3 is 9.84 Å². The third kappa shape index (κ3) is 3.18. The number of alkyl halides is 7. The molecule has 0 saturated carbocycles. The van der Waals surface area contributed by atoms with E-state index in [0.717, 1.165) is 0 Å². The summed E-state index contributed by atoms with van der Waals surface area (Å²) >= 11 is 0. The highest BCUT2D eigenvalue weighted by Gasteiger charge is 2.65. The number of rotatable bonds is 4. The molecule has 1 atom stereocenters. The second-order valence-corrected chi connectivity index (χ2v) is 2.25. The molecule has 1 N–H and O–H groups in total. The Bertz CT molecular complexity index is 212. The molecule has 0 aromatic rings. The van der Waals surface area contributed by atoms with Gasteiger partial charge in [0.2, 0.25) is 0 Å². The fourth-order valence-electron chi connectivity index (χ4n) is 0.417. The normalized spacial score (nSPS) is 18.0. The van der Waals surface area contributed by atoms with Crippen LogP contribution in [0.1, 0.15) is 0 Å². The lowest BCUT2D eigenvalue weighted by Gasteiger charge is -2.30. The lowest BCUT2D eigenvalue weighted by Crippen LogP contribution is -2.52. The van der Waals surface area contributed by atoms with Crippen molar-refractivity contribution >= 4 is 0 Å². The standard InChI is InChI=1S/C5H5F7O3/c1-14-3(13,2(6)7)15-5(11,12)4(8,9)10/h2,13H,1H3. The Morgan fingerprint density at radius 2 is 1.47 bits per heavy atom. The van der Waals surface area contributed by atoms with E-state index in [2.05, 4.69) is 9.47 Å². The van der Waals surface area contributed by atoms with E-state index in [0.29, 0.717) is 0 Å². The van der Waals surface area contributed by atoms with E-state index in [-0.39, 0.29) is 7.11 Å². The molecule has 10 heteroatoms. The average molecular weight is 246 g/mol. The lowest BCUT2D eigenvalue weighted by atomic mass is 10.5. The van der Waals surface area contributed by atoms with Crippen LogP contribution in [0.25, 0.3) is 0 Å². The van der Waals surface area contributed by atoms with Gasteiger partial charge in [0.1, 0.15) is 0 Å². The van der Waals surface area contributed by atoms with E-state index >= 15 is 0 Å². The van der Waals surface area contributed by atoms with Crippen molar-refractivity contribution in [3.8, 4) is 0 Å². The summed E-state index contributed by atoms with van der Waals surface area (Å²) in [5.41, 5.74) is 0. The van der Waals surface area contributed by atoms with Crippen molar-refractivity contribution in [1.29, 1.82) is 0 Å². The van der Waals surface area contributed by atoms with Gasteiger partial charge in [0.15, 0.2) is 0 Å². The molecule has 1 unspecified atom stereocenters. The zero-order valence-electron chi connectivity index (χ0n) is 6.99. The van der Waals surface area contributed by atoms with Gasteiger partial charge in [-0.1, -0.05) is 0 Å². The van der Waals surface area contributed by atoms with E-state index < -0.39 is 24.7 Å². The molecule has 0 aromatic carbocycles. The van der Waals surface area contributed by atoms with Crippen LogP contribution in [0.3, 0.4) is 0 Å². The zero-order chi connectivity index (χ0) is 12.5. The van der Waals surface area contributed by atoms with Gasteiger partial charge in [-0.3, -0.25) is 4.74 Å². The Hall–Kier alpha value is -0.610. The maximum absolute atomic E-state index is 12.1. The van der Waals surface area contributed by atoms with Crippen LogP contribution in [0, 0.1) is 0 Å². The number of methoxy groups -OCH3 is 1. The van der Waals surface area contributed by atoms with E-state index in [1.54, 1.807) is 0 Å². The maximum Gasteiger partial charge on any atom is 0.483 e. The van der Waals surface area contributed by atoms with E-state index in [1.165, 1.54) is 0 Å². The van der Waals surface area contributed by atoms with E-state index in [4.69, 9.17) is 5.11 Å². The minimum atomic E-state index is -6.24. The summed E-state index contributed by atoms with van der Waals surface area (Å²) in [7, 11) is 0.276. The first-order valence-corrected chi connectivity index (χ1v) is 3.16. The van der Waals surface area contributed by atoms with Crippen LogP contribution in [0.15, 0.2) is 0 Å². The molecule has 0 aliphatic rings. The molecule has 0 rings (SSSR count). The van der Waals surface area contributed by atoms with Gasteiger partial charge >= 0.3 is 24.7 Å². The lowest BCUT2D eigenvalue weighted by molar-refractivity contribution is -0.510. The average Bonchev–Trinajstić information content (AvgIpc) is 2.00. The number of hydrogen-bond donors (Lipinski definition) is 1. The van der Waals surface area contributed by atoms with E-state index in [1.807, 2.05) is 0 Å². The van der Waals surface area contributed by atoms with Gasteiger partial charge in [-0.2, -0.15) is 22.0 Å². The predicted octanol–water partition coefficient (Wildman–Crippen LogP) is 1.72. The molecule has 92 valence electrons. The molecular weight excluding hydrogens is 241 g/mol. The van der Waals surface area contributed by atoms with Crippen LogP contribution >= 0.6 is 0 Å². The van der Waals surface area contributed by atoms with Crippen molar-refractivity contribution in [2.24, 2.45) is 0 Å². The van der Waals surface area contributed by atoms with Crippen molar-refractivity contribution in [3.63, 3.8) is 0 Å². The predicted molar refractivity (Wildman–Crippen MR) is 30.0 cm³/mol. The summed E-state index contributed by atoms with van der Waals surface area (Å²) in [5, 5.41) is 8.42. The molecule has 3 nitrogen and oxygen atoms in total. The number of halogens is 7. The molecule has 0 aliphatic carbocycles. The Kier molecular flexibility index (Phi) is 3.93. The molecular formula is C5H5F7O3. The molecule has 0 saturated heterocycles. The SMILES string of the molecule is COC(O)(OC(F)(F)C(F)(F)F)C(F)F. The molecule has 0 bridgehead atoms. The summed E-state index contributed by atoms with van der Waals surface area (Å²) in [5.74, 6) is -4.32. The summed E-state index contributed by atoms with van der Waals surface area (Å²) < 4.78 is 88.0. The fourth-order valence-corrected chi connectivity index (χ4v) is 0.417. The quantitative estimate of drug-likeness (QED) is 0.606. The number of ether oxygens (including phenoxy) is 2. The third-order valence-corrected chi connectivity index (χ3v) is 1.17. The molecule has 0 spiro atoms. The van der Waals surface area contributed by atoms with Gasteiger partial charge in [-0.15, -0.1) is 0 Å². The first-order valence-electron chi connectivity index (χ1n) is 3.16. The Morgan fingerprint density at radius 3 is 1.67 bits per heavy atom. The smallest absolute Gasteiger partial charge is 0.339 e. The first-order chi connectivity index (χ1) is 6.46. The monoisotopic (exact) mass is 246 g/mol. The Morgan fingerprint density at radius 1 is 1.07 bits per heavy atom. The van der Waals surface area contributed by atoms with Crippen molar-refractivity contribution in [3.05, 3.63) is 0 Å². The van der Waals surface area contributed by atoms with Gasteiger partial charge in [-0.05, 0) is 0 Å². The van der Waals surface area contributed by atoms with Crippen LogP contribution in [0.4, 0.5) is 30.7 Å². The number of aliphatic hydroxyl groups is 1. The summed E-state index contributed by atoms with van der Waals surface area (Å²) in [4.78, 5) is 0. The molecule has 0 fully saturated rings. The molecule has 0 aliphatic heterocycles. The largest absolute Gasteiger partial charge is 0.483 e. The van der Waals surface area contributed by atoms with Crippen molar-refractivity contribution in [2.75, 3.05) is 7.11 Å². The Balaban J connectivity index is 4.84. The topological polar surface area (TPSA) is 38.7 Å². The fraction of sp³-hybridized carbons (Fsp3) is 1.00. The summed E-state index contributed by atoms with van der Waals surface area (Å²) in [6.07, 6.45) is -16.3. The van der Waals surface area contributed by atoms with E-state index in [9.17, 15) is 30.7 Å². The van der Waals surface area contributed by atoms with Gasteiger partial charge in [0.25, 0.3) is 0 Å². The van der Waals surface area contributed by atoms with Crippen molar-refractivity contribution in [2.45, 2.75) is 24.7 Å². The second-order valence-electron chi connectivity index (χ2n) is 2.25. The van der Waals surface area contributed by atoms with Gasteiger partial charge in [0.05, 0.1) is 0 Å². The second kappa shape index (κ2) is 4.10. The molecule has 0 aromatic heterocycles.